The smallest absolute Gasteiger partial charge is 0.357 e. The second-order valence-corrected chi connectivity index (χ2v) is 4.28. The summed E-state index contributed by atoms with van der Waals surface area (Å²) in [5.74, 6) is -0.353. The fourth-order valence-electron chi connectivity index (χ4n) is 1.30. The summed E-state index contributed by atoms with van der Waals surface area (Å²) < 4.78 is 6.65. The number of hydrogen-bond donors (Lipinski definition) is 0. The summed E-state index contributed by atoms with van der Waals surface area (Å²) in [4.78, 5) is 16.6. The summed E-state index contributed by atoms with van der Waals surface area (Å²) in [6, 6.07) is 9.79. The van der Waals surface area contributed by atoms with Crippen molar-refractivity contribution in [2.75, 3.05) is 6.61 Å². The molecule has 0 unspecified atom stereocenters. The van der Waals surface area contributed by atoms with E-state index in [0.29, 0.717) is 12.3 Å². The quantitative estimate of drug-likeness (QED) is 0.780. The molecule has 4 nitrogen and oxygen atoms in total. The molecule has 0 atom stereocenters. The minimum absolute atomic E-state index is 0.353. The summed E-state index contributed by atoms with van der Waals surface area (Å²) in [6.07, 6.45) is 3.11. The van der Waals surface area contributed by atoms with Gasteiger partial charge in [-0.05, 0) is 31.0 Å². The number of hydrogen-bond acceptors (Lipinski definition) is 4. The highest BCUT2D eigenvalue weighted by Crippen LogP contribution is 2.21. The van der Waals surface area contributed by atoms with E-state index in [1.54, 1.807) is 17.2 Å². The van der Waals surface area contributed by atoms with Crippen molar-refractivity contribution in [2.45, 2.75) is 11.8 Å². The van der Waals surface area contributed by atoms with Crippen LogP contribution in [0.5, 0.6) is 0 Å². The summed E-state index contributed by atoms with van der Waals surface area (Å²) >= 11 is 1.43. The van der Waals surface area contributed by atoms with Crippen molar-refractivity contribution < 1.29 is 9.53 Å². The van der Waals surface area contributed by atoms with E-state index in [4.69, 9.17) is 4.74 Å². The highest BCUT2D eigenvalue weighted by Gasteiger charge is 2.13. The van der Waals surface area contributed by atoms with Gasteiger partial charge in [0.05, 0.1) is 12.8 Å². The van der Waals surface area contributed by atoms with Crippen molar-refractivity contribution in [3.63, 3.8) is 0 Å². The highest BCUT2D eigenvalue weighted by molar-refractivity contribution is 7.97. The number of carbonyl (C=O) groups is 1. The zero-order valence-electron chi connectivity index (χ0n) is 9.37. The molecule has 1 heterocycles. The first-order valence-electron chi connectivity index (χ1n) is 5.24. The Morgan fingerprint density at radius 3 is 2.88 bits per heavy atom. The average Bonchev–Trinajstić information content (AvgIpc) is 2.79. The fourth-order valence-corrected chi connectivity index (χ4v) is 2.13. The summed E-state index contributed by atoms with van der Waals surface area (Å²) in [7, 11) is 0. The molecule has 0 saturated heterocycles. The number of imidazole rings is 1. The second kappa shape index (κ2) is 5.54. The van der Waals surface area contributed by atoms with E-state index < -0.39 is 0 Å². The first-order valence-corrected chi connectivity index (χ1v) is 6.01. The molecule has 2 rings (SSSR count). The molecule has 0 fully saturated rings. The van der Waals surface area contributed by atoms with E-state index in [1.807, 2.05) is 30.3 Å². The van der Waals surface area contributed by atoms with Crippen LogP contribution in [0.1, 0.15) is 17.4 Å². The lowest BCUT2D eigenvalue weighted by molar-refractivity contribution is 0.0519. The first-order chi connectivity index (χ1) is 8.31. The molecule has 1 aromatic heterocycles. The van der Waals surface area contributed by atoms with E-state index >= 15 is 0 Å². The SMILES string of the molecule is CCOC(=O)c1cncn1Sc1ccccc1. The lowest BCUT2D eigenvalue weighted by atomic mass is 10.4. The Kier molecular flexibility index (Phi) is 3.82. The number of esters is 1. The fraction of sp³-hybridized carbons (Fsp3) is 0.167. The molecule has 2 aromatic rings. The van der Waals surface area contributed by atoms with E-state index in [0.717, 1.165) is 4.90 Å². The lowest BCUT2D eigenvalue weighted by Crippen LogP contribution is -2.08. The first kappa shape index (κ1) is 11.7. The van der Waals surface area contributed by atoms with Crippen molar-refractivity contribution in [1.82, 2.24) is 8.96 Å². The maximum atomic E-state index is 11.6. The number of carbonyl (C=O) groups excluding carboxylic acids is 1. The van der Waals surface area contributed by atoms with Crippen LogP contribution in [0.4, 0.5) is 0 Å². The van der Waals surface area contributed by atoms with Crippen LogP contribution >= 0.6 is 11.9 Å². The Labute approximate surface area is 104 Å². The molecule has 5 heteroatoms. The summed E-state index contributed by atoms with van der Waals surface area (Å²) in [6.45, 7) is 2.14. The molecule has 0 aliphatic heterocycles. The maximum absolute atomic E-state index is 11.6. The van der Waals surface area contributed by atoms with Gasteiger partial charge in [-0.3, -0.25) is 3.97 Å². The minimum atomic E-state index is -0.353. The van der Waals surface area contributed by atoms with Gasteiger partial charge in [-0.2, -0.15) is 0 Å². The van der Waals surface area contributed by atoms with Gasteiger partial charge in [0.25, 0.3) is 0 Å². The monoisotopic (exact) mass is 248 g/mol. The predicted octanol–water partition coefficient (Wildman–Crippen LogP) is 2.62. The summed E-state index contributed by atoms with van der Waals surface area (Å²) in [5, 5.41) is 0. The minimum Gasteiger partial charge on any atom is -0.461 e. The molecule has 1 aromatic carbocycles. The average molecular weight is 248 g/mol. The van der Waals surface area contributed by atoms with Gasteiger partial charge < -0.3 is 4.74 Å². The Bertz CT molecular complexity index is 496. The number of benzene rings is 1. The van der Waals surface area contributed by atoms with Crippen LogP contribution in [0.15, 0.2) is 47.8 Å². The van der Waals surface area contributed by atoms with Gasteiger partial charge in [0, 0.05) is 4.90 Å². The lowest BCUT2D eigenvalue weighted by Gasteiger charge is -2.05. The maximum Gasteiger partial charge on any atom is 0.357 e. The molecule has 0 bridgehead atoms. The van der Waals surface area contributed by atoms with E-state index in [-0.39, 0.29) is 5.97 Å². The second-order valence-electron chi connectivity index (χ2n) is 3.23. The zero-order valence-corrected chi connectivity index (χ0v) is 10.2. The van der Waals surface area contributed by atoms with Crippen LogP contribution in [0.3, 0.4) is 0 Å². The zero-order chi connectivity index (χ0) is 12.1. The Morgan fingerprint density at radius 2 is 2.18 bits per heavy atom. The van der Waals surface area contributed by atoms with Gasteiger partial charge in [0.2, 0.25) is 0 Å². The van der Waals surface area contributed by atoms with Crippen molar-refractivity contribution in [2.24, 2.45) is 0 Å². The molecular formula is C12H12N2O2S. The molecule has 17 heavy (non-hydrogen) atoms. The van der Waals surface area contributed by atoms with Crippen LogP contribution < -0.4 is 0 Å². The third-order valence-electron chi connectivity index (χ3n) is 2.04. The molecule has 0 spiro atoms. The Morgan fingerprint density at radius 1 is 1.41 bits per heavy atom. The van der Waals surface area contributed by atoms with Gasteiger partial charge in [-0.25, -0.2) is 9.78 Å². The van der Waals surface area contributed by atoms with Crippen molar-refractivity contribution >= 4 is 17.9 Å². The molecule has 0 radical (unpaired) electrons. The molecule has 0 aliphatic carbocycles. The molecule has 88 valence electrons. The van der Waals surface area contributed by atoms with E-state index in [2.05, 4.69) is 4.98 Å². The summed E-state index contributed by atoms with van der Waals surface area (Å²) in [5.41, 5.74) is 0.445. The topological polar surface area (TPSA) is 44.1 Å². The Hall–Kier alpha value is -1.75. The van der Waals surface area contributed by atoms with E-state index in [1.165, 1.54) is 18.1 Å². The third-order valence-corrected chi connectivity index (χ3v) is 3.01. The number of rotatable bonds is 4. The van der Waals surface area contributed by atoms with Gasteiger partial charge >= 0.3 is 5.97 Å². The van der Waals surface area contributed by atoms with Gasteiger partial charge in [-0.15, -0.1) is 0 Å². The number of ether oxygens (including phenoxy) is 1. The van der Waals surface area contributed by atoms with Gasteiger partial charge in [0.1, 0.15) is 6.33 Å². The van der Waals surface area contributed by atoms with Crippen molar-refractivity contribution in [3.8, 4) is 0 Å². The van der Waals surface area contributed by atoms with Crippen LogP contribution in [-0.2, 0) is 4.74 Å². The largest absolute Gasteiger partial charge is 0.461 e. The molecule has 0 aliphatic rings. The van der Waals surface area contributed by atoms with Gasteiger partial charge in [-0.1, -0.05) is 18.2 Å². The molecule has 0 N–H and O–H groups in total. The van der Waals surface area contributed by atoms with Crippen LogP contribution in [0.25, 0.3) is 0 Å². The standard InChI is InChI=1S/C12H12N2O2S/c1-2-16-12(15)11-8-13-9-14(11)17-10-6-4-3-5-7-10/h3-9H,2H2,1H3. The molecule has 0 amide bonds. The van der Waals surface area contributed by atoms with Crippen molar-refractivity contribution in [1.29, 1.82) is 0 Å². The van der Waals surface area contributed by atoms with E-state index in [9.17, 15) is 4.79 Å². The molecular weight excluding hydrogens is 236 g/mol. The highest BCUT2D eigenvalue weighted by atomic mass is 32.2. The van der Waals surface area contributed by atoms with Crippen LogP contribution in [-0.4, -0.2) is 21.5 Å². The Balaban J connectivity index is 2.17. The van der Waals surface area contributed by atoms with Gasteiger partial charge in [0.15, 0.2) is 5.69 Å². The normalized spacial score (nSPS) is 10.2. The van der Waals surface area contributed by atoms with Crippen LogP contribution in [0, 0.1) is 0 Å². The predicted molar refractivity (Wildman–Crippen MR) is 65.9 cm³/mol. The van der Waals surface area contributed by atoms with Crippen molar-refractivity contribution in [3.05, 3.63) is 48.5 Å². The number of nitrogens with zero attached hydrogens (tertiary/aromatic N) is 2. The third kappa shape index (κ3) is 2.88. The number of aromatic nitrogens is 2. The van der Waals surface area contributed by atoms with Crippen LogP contribution in [0.2, 0.25) is 0 Å². The molecule has 0 saturated carbocycles.